The van der Waals surface area contributed by atoms with Crippen LogP contribution in [-0.4, -0.2) is 22.5 Å². The predicted octanol–water partition coefficient (Wildman–Crippen LogP) is 3.46. The maximum Gasteiger partial charge on any atom is 0.159 e. The first kappa shape index (κ1) is 14.7. The zero-order valence-electron chi connectivity index (χ0n) is 10.0. The van der Waals surface area contributed by atoms with Crippen LogP contribution in [-0.2, 0) is 11.2 Å². The van der Waals surface area contributed by atoms with Gasteiger partial charge in [0.25, 0.3) is 0 Å². The Hall–Kier alpha value is -0.350. The van der Waals surface area contributed by atoms with Crippen molar-refractivity contribution < 1.29 is 9.84 Å². The van der Waals surface area contributed by atoms with Gasteiger partial charge in [-0.15, -0.1) is 0 Å². The minimum Gasteiger partial charge on any atom is -0.366 e. The molecular weight excluding hydrogens is 261 g/mol. The fourth-order valence-electron chi connectivity index (χ4n) is 1.35. The number of halogens is 2. The van der Waals surface area contributed by atoms with Crippen LogP contribution in [0, 0.1) is 0 Å². The summed E-state index contributed by atoms with van der Waals surface area (Å²) in [4.78, 5) is 3.98. The second-order valence-corrected chi connectivity index (χ2v) is 5.13. The molecule has 0 aliphatic carbocycles. The summed E-state index contributed by atoms with van der Waals surface area (Å²) in [7, 11) is 0. The number of hydrogen-bond donors (Lipinski definition) is 1. The molecule has 0 saturated heterocycles. The summed E-state index contributed by atoms with van der Waals surface area (Å²) in [6.07, 6.45) is 4.43. The van der Waals surface area contributed by atoms with Gasteiger partial charge in [-0.1, -0.05) is 23.2 Å². The lowest BCUT2D eigenvalue weighted by atomic mass is 10.1. The smallest absolute Gasteiger partial charge is 0.159 e. The molecule has 0 aliphatic rings. The van der Waals surface area contributed by atoms with Gasteiger partial charge >= 0.3 is 0 Å². The number of aryl methyl sites for hydroxylation is 1. The Labute approximate surface area is 112 Å². The van der Waals surface area contributed by atoms with Crippen LogP contribution in [0.15, 0.2) is 12.3 Å². The number of pyridine rings is 1. The van der Waals surface area contributed by atoms with Crippen LogP contribution in [0.3, 0.4) is 0 Å². The third-order valence-corrected chi connectivity index (χ3v) is 2.85. The first-order valence-electron chi connectivity index (χ1n) is 5.55. The normalized spacial score (nSPS) is 11.8. The monoisotopic (exact) mass is 277 g/mol. The molecule has 0 unspecified atom stereocenters. The summed E-state index contributed by atoms with van der Waals surface area (Å²) >= 11 is 11.6. The van der Waals surface area contributed by atoms with Crippen molar-refractivity contribution in [3.63, 3.8) is 0 Å². The van der Waals surface area contributed by atoms with Crippen molar-refractivity contribution in [3.05, 3.63) is 28.0 Å². The van der Waals surface area contributed by atoms with Crippen molar-refractivity contribution in [1.82, 2.24) is 4.98 Å². The second-order valence-electron chi connectivity index (χ2n) is 4.37. The van der Waals surface area contributed by atoms with Crippen molar-refractivity contribution in [1.29, 1.82) is 0 Å². The van der Waals surface area contributed by atoms with E-state index in [1.165, 1.54) is 0 Å². The Morgan fingerprint density at radius 3 is 2.65 bits per heavy atom. The van der Waals surface area contributed by atoms with Crippen LogP contribution in [0.2, 0.25) is 10.2 Å². The highest BCUT2D eigenvalue weighted by Gasteiger charge is 2.11. The molecule has 0 bridgehead atoms. The predicted molar refractivity (Wildman–Crippen MR) is 69.4 cm³/mol. The van der Waals surface area contributed by atoms with Crippen LogP contribution in [0.5, 0.6) is 0 Å². The molecule has 0 radical (unpaired) electrons. The van der Waals surface area contributed by atoms with Crippen molar-refractivity contribution >= 4 is 23.2 Å². The minimum absolute atomic E-state index is 0.334. The van der Waals surface area contributed by atoms with Gasteiger partial charge in [0.15, 0.2) is 5.79 Å². The molecule has 1 aromatic heterocycles. The maximum absolute atomic E-state index is 9.34. The van der Waals surface area contributed by atoms with E-state index in [0.29, 0.717) is 16.8 Å². The van der Waals surface area contributed by atoms with E-state index in [0.717, 1.165) is 24.8 Å². The van der Waals surface area contributed by atoms with Gasteiger partial charge in [-0.3, -0.25) is 0 Å². The number of nitrogens with zero attached hydrogens (tertiary/aromatic N) is 1. The summed E-state index contributed by atoms with van der Waals surface area (Å²) in [5.41, 5.74) is 1.06. The molecule has 1 aromatic rings. The molecule has 1 heterocycles. The molecule has 5 heteroatoms. The molecule has 0 amide bonds. The van der Waals surface area contributed by atoms with Crippen LogP contribution in [0.1, 0.15) is 32.3 Å². The van der Waals surface area contributed by atoms with E-state index in [1.54, 1.807) is 20.0 Å². The number of aromatic nitrogens is 1. The highest BCUT2D eigenvalue weighted by molar-refractivity contribution is 6.41. The highest BCUT2D eigenvalue weighted by atomic mass is 35.5. The Morgan fingerprint density at radius 1 is 1.35 bits per heavy atom. The van der Waals surface area contributed by atoms with Gasteiger partial charge in [-0.25, -0.2) is 4.98 Å². The SMILES string of the molecule is CC(C)(O)OCCCCc1cnc(Cl)c(Cl)c1. The van der Waals surface area contributed by atoms with E-state index in [2.05, 4.69) is 4.98 Å². The van der Waals surface area contributed by atoms with E-state index >= 15 is 0 Å². The van der Waals surface area contributed by atoms with Crippen molar-refractivity contribution in [3.8, 4) is 0 Å². The molecule has 1 N–H and O–H groups in total. The molecule has 0 saturated carbocycles. The first-order valence-corrected chi connectivity index (χ1v) is 6.30. The highest BCUT2D eigenvalue weighted by Crippen LogP contribution is 2.20. The molecule has 0 atom stereocenters. The van der Waals surface area contributed by atoms with Crippen LogP contribution >= 0.6 is 23.2 Å². The summed E-state index contributed by atoms with van der Waals surface area (Å²) in [6, 6.07) is 1.83. The van der Waals surface area contributed by atoms with Crippen LogP contribution < -0.4 is 0 Å². The Morgan fingerprint density at radius 2 is 2.06 bits per heavy atom. The molecule has 1 rings (SSSR count). The molecular formula is C12H17Cl2NO2. The third-order valence-electron chi connectivity index (χ3n) is 2.17. The number of hydrogen-bond acceptors (Lipinski definition) is 3. The molecule has 0 aromatic carbocycles. The number of aliphatic hydroxyl groups is 1. The number of ether oxygens (including phenoxy) is 1. The molecule has 0 aliphatic heterocycles. The summed E-state index contributed by atoms with van der Waals surface area (Å²) in [5.74, 6) is -1.05. The van der Waals surface area contributed by atoms with Gasteiger partial charge in [-0.05, 0) is 44.7 Å². The third kappa shape index (κ3) is 6.22. The minimum atomic E-state index is -1.05. The van der Waals surface area contributed by atoms with Gasteiger partial charge in [0, 0.05) is 12.8 Å². The zero-order chi connectivity index (χ0) is 12.9. The molecule has 17 heavy (non-hydrogen) atoms. The Bertz CT molecular complexity index is 364. The zero-order valence-corrected chi connectivity index (χ0v) is 11.6. The standard InChI is InChI=1S/C12H17Cl2NO2/c1-12(2,16)17-6-4-3-5-9-7-10(13)11(14)15-8-9/h7-8,16H,3-6H2,1-2H3. The van der Waals surface area contributed by atoms with Crippen molar-refractivity contribution in [2.75, 3.05) is 6.61 Å². The van der Waals surface area contributed by atoms with E-state index in [1.807, 2.05) is 6.07 Å². The maximum atomic E-state index is 9.34. The van der Waals surface area contributed by atoms with Gasteiger partial charge in [-0.2, -0.15) is 0 Å². The fourth-order valence-corrected chi connectivity index (χ4v) is 1.64. The Balaban J connectivity index is 2.25. The van der Waals surface area contributed by atoms with Crippen molar-refractivity contribution in [2.45, 2.75) is 38.9 Å². The van der Waals surface area contributed by atoms with Crippen LogP contribution in [0.4, 0.5) is 0 Å². The largest absolute Gasteiger partial charge is 0.366 e. The van der Waals surface area contributed by atoms with E-state index in [9.17, 15) is 5.11 Å². The first-order chi connectivity index (χ1) is 7.88. The van der Waals surface area contributed by atoms with E-state index < -0.39 is 5.79 Å². The average Bonchev–Trinajstić information content (AvgIpc) is 2.21. The topological polar surface area (TPSA) is 42.4 Å². The quantitative estimate of drug-likeness (QED) is 0.492. The number of unbranched alkanes of at least 4 members (excludes halogenated alkanes) is 1. The molecule has 96 valence electrons. The van der Waals surface area contributed by atoms with Gasteiger partial charge in [0.05, 0.1) is 5.02 Å². The lowest BCUT2D eigenvalue weighted by molar-refractivity contribution is -0.176. The fraction of sp³-hybridized carbons (Fsp3) is 0.583. The van der Waals surface area contributed by atoms with E-state index in [4.69, 9.17) is 27.9 Å². The lowest BCUT2D eigenvalue weighted by Gasteiger charge is -2.17. The van der Waals surface area contributed by atoms with Crippen molar-refractivity contribution in [2.24, 2.45) is 0 Å². The summed E-state index contributed by atoms with van der Waals surface area (Å²) < 4.78 is 5.20. The van der Waals surface area contributed by atoms with Gasteiger partial charge in [0.1, 0.15) is 5.15 Å². The summed E-state index contributed by atoms with van der Waals surface area (Å²) in [6.45, 7) is 3.78. The van der Waals surface area contributed by atoms with E-state index in [-0.39, 0.29) is 0 Å². The average molecular weight is 278 g/mol. The molecule has 0 spiro atoms. The number of rotatable bonds is 6. The summed E-state index contributed by atoms with van der Waals surface area (Å²) in [5, 5.41) is 10.2. The Kier molecular flexibility index (Phi) is 5.67. The van der Waals surface area contributed by atoms with Gasteiger partial charge < -0.3 is 9.84 Å². The molecule has 3 nitrogen and oxygen atoms in total. The second kappa shape index (κ2) is 6.55. The van der Waals surface area contributed by atoms with Gasteiger partial charge in [0.2, 0.25) is 0 Å². The van der Waals surface area contributed by atoms with Crippen LogP contribution in [0.25, 0.3) is 0 Å². The lowest BCUT2D eigenvalue weighted by Crippen LogP contribution is -2.23. The molecule has 0 fully saturated rings.